The van der Waals surface area contributed by atoms with Gasteiger partial charge in [-0.2, -0.15) is 0 Å². The molecule has 0 aliphatic carbocycles. The number of hydrogen-bond donors (Lipinski definition) is 0. The average Bonchev–Trinajstić information content (AvgIpc) is 3.47. The van der Waals surface area contributed by atoms with Gasteiger partial charge in [0.25, 0.3) is 6.71 Å². The molecule has 1 aromatic heterocycles. The van der Waals surface area contributed by atoms with Gasteiger partial charge in [-0.1, -0.05) is 109 Å². The molecule has 0 saturated carbocycles. The average molecular weight is 630 g/mol. The van der Waals surface area contributed by atoms with Crippen LogP contribution in [0.3, 0.4) is 0 Å². The lowest BCUT2D eigenvalue weighted by Crippen LogP contribution is -2.57. The number of hydrogen-bond acceptors (Lipinski definition) is 2. The number of aromatic nitrogens is 1. The second kappa shape index (κ2) is 10.5. The topological polar surface area (TPSA) is 23.4 Å². The van der Waals surface area contributed by atoms with Crippen molar-refractivity contribution < 1.29 is 9.47 Å². The predicted molar refractivity (Wildman–Crippen MR) is 204 cm³/mol. The fraction of sp³-hybridized carbons (Fsp3) is 0.0667. The largest absolute Gasteiger partial charge is 0.458 e. The van der Waals surface area contributed by atoms with Crippen LogP contribution >= 0.6 is 0 Å². The first kappa shape index (κ1) is 28.1. The summed E-state index contributed by atoms with van der Waals surface area (Å²) in [6.07, 6.45) is 0. The minimum absolute atomic E-state index is 0.0420. The van der Waals surface area contributed by atoms with Crippen molar-refractivity contribution in [2.45, 2.75) is 20.8 Å². The Morgan fingerprint density at radius 3 is 1.82 bits per heavy atom. The summed E-state index contributed by atoms with van der Waals surface area (Å²) in [5.74, 6) is 3.60. The van der Waals surface area contributed by atoms with E-state index < -0.39 is 0 Å². The SMILES string of the molecule is Cc1cccc(-n2c3ccccc3c3cccc(-c4ccccc4-c4cc5c6c(c4)Oc4c(C)cccc4B6c4cccc(C)c4O5)c32)c1. The van der Waals surface area contributed by atoms with Crippen LogP contribution in [0, 0.1) is 20.8 Å². The first-order chi connectivity index (χ1) is 24.0. The van der Waals surface area contributed by atoms with Gasteiger partial charge >= 0.3 is 0 Å². The molecule has 0 unspecified atom stereocenters. The van der Waals surface area contributed by atoms with Crippen molar-refractivity contribution in [2.75, 3.05) is 0 Å². The van der Waals surface area contributed by atoms with Crippen molar-refractivity contribution >= 4 is 44.9 Å². The fourth-order valence-corrected chi connectivity index (χ4v) is 8.23. The van der Waals surface area contributed by atoms with E-state index in [-0.39, 0.29) is 6.71 Å². The number of ether oxygens (including phenoxy) is 2. The van der Waals surface area contributed by atoms with Crippen LogP contribution in [0.5, 0.6) is 23.0 Å². The summed E-state index contributed by atoms with van der Waals surface area (Å²) in [4.78, 5) is 0. The van der Waals surface area contributed by atoms with Gasteiger partial charge in [-0.15, -0.1) is 0 Å². The number of aryl methyl sites for hydroxylation is 3. The maximum Gasteiger partial charge on any atom is 0.260 e. The molecule has 232 valence electrons. The van der Waals surface area contributed by atoms with Gasteiger partial charge < -0.3 is 14.0 Å². The number of benzene rings is 7. The van der Waals surface area contributed by atoms with Crippen LogP contribution in [0.25, 0.3) is 49.7 Å². The summed E-state index contributed by atoms with van der Waals surface area (Å²) < 4.78 is 16.1. The Balaban J connectivity index is 1.23. The maximum absolute atomic E-state index is 6.82. The molecule has 8 aromatic rings. The molecule has 7 aromatic carbocycles. The van der Waals surface area contributed by atoms with Gasteiger partial charge in [0.1, 0.15) is 23.0 Å². The molecule has 10 rings (SSSR count). The zero-order chi connectivity index (χ0) is 32.8. The van der Waals surface area contributed by atoms with E-state index in [4.69, 9.17) is 9.47 Å². The Labute approximate surface area is 286 Å². The number of rotatable bonds is 3. The second-order valence-electron chi connectivity index (χ2n) is 13.4. The van der Waals surface area contributed by atoms with E-state index in [1.807, 2.05) is 0 Å². The molecule has 0 bridgehead atoms. The predicted octanol–water partition coefficient (Wildman–Crippen LogP) is 9.77. The van der Waals surface area contributed by atoms with Crippen LogP contribution in [-0.4, -0.2) is 11.3 Å². The second-order valence-corrected chi connectivity index (χ2v) is 13.4. The normalized spacial score (nSPS) is 12.7. The summed E-state index contributed by atoms with van der Waals surface area (Å²) in [6.45, 7) is 6.47. The molecule has 49 heavy (non-hydrogen) atoms. The van der Waals surface area contributed by atoms with E-state index in [2.05, 4.69) is 165 Å². The van der Waals surface area contributed by atoms with E-state index in [1.54, 1.807) is 0 Å². The smallest absolute Gasteiger partial charge is 0.260 e. The first-order valence-corrected chi connectivity index (χ1v) is 17.0. The lowest BCUT2D eigenvalue weighted by molar-refractivity contribution is 0.461. The van der Waals surface area contributed by atoms with Crippen LogP contribution in [0.4, 0.5) is 0 Å². The van der Waals surface area contributed by atoms with Crippen molar-refractivity contribution in [1.82, 2.24) is 4.57 Å². The maximum atomic E-state index is 6.82. The lowest BCUT2D eigenvalue weighted by Gasteiger charge is -2.34. The molecule has 2 aliphatic rings. The Morgan fingerprint density at radius 2 is 1.10 bits per heavy atom. The van der Waals surface area contributed by atoms with Gasteiger partial charge in [-0.3, -0.25) is 0 Å². The van der Waals surface area contributed by atoms with Gasteiger partial charge in [-0.25, -0.2) is 0 Å². The summed E-state index contributed by atoms with van der Waals surface area (Å²) in [6, 6.07) is 50.3. The van der Waals surface area contributed by atoms with E-state index in [9.17, 15) is 0 Å². The molecule has 0 spiro atoms. The van der Waals surface area contributed by atoms with Gasteiger partial charge in [0.2, 0.25) is 0 Å². The van der Waals surface area contributed by atoms with Crippen molar-refractivity contribution in [1.29, 1.82) is 0 Å². The van der Waals surface area contributed by atoms with Crippen LogP contribution in [-0.2, 0) is 0 Å². The molecule has 0 radical (unpaired) electrons. The van der Waals surface area contributed by atoms with E-state index in [1.165, 1.54) is 43.9 Å². The molecule has 0 fully saturated rings. The third kappa shape index (κ3) is 4.10. The zero-order valence-electron chi connectivity index (χ0n) is 27.6. The molecule has 4 heteroatoms. The quantitative estimate of drug-likeness (QED) is 0.182. The van der Waals surface area contributed by atoms with E-state index in [0.717, 1.165) is 62.0 Å². The summed E-state index contributed by atoms with van der Waals surface area (Å²) in [5, 5.41) is 2.48. The minimum atomic E-state index is 0.0420. The Bertz CT molecular complexity index is 2590. The van der Waals surface area contributed by atoms with Crippen molar-refractivity contribution in [3.05, 3.63) is 156 Å². The third-order valence-electron chi connectivity index (χ3n) is 10.4. The number of nitrogens with zero attached hydrogens (tertiary/aromatic N) is 1. The molecule has 0 N–H and O–H groups in total. The van der Waals surface area contributed by atoms with Gasteiger partial charge in [0.05, 0.1) is 11.0 Å². The molecule has 2 aliphatic heterocycles. The monoisotopic (exact) mass is 629 g/mol. The van der Waals surface area contributed by atoms with Gasteiger partial charge in [0.15, 0.2) is 0 Å². The molecule has 3 nitrogen and oxygen atoms in total. The number of fused-ring (bicyclic) bond motifs is 7. The third-order valence-corrected chi connectivity index (χ3v) is 10.4. The Kier molecular flexibility index (Phi) is 6.01. The highest BCUT2D eigenvalue weighted by atomic mass is 16.5. The van der Waals surface area contributed by atoms with Gasteiger partial charge in [-0.05, 0) is 95.4 Å². The standard InChI is InChI=1S/C45H32BNO2/c1-27-12-8-15-31(24-27)47-39-23-7-6-18-34(39)36-20-11-19-35(43(36)47)33-17-5-4-16-32(33)30-25-40-42-41(26-30)49-45-29(3)14-10-22-38(45)46(42)37-21-9-13-28(2)44(37)48-40/h4-26H,1-3H3. The first-order valence-electron chi connectivity index (χ1n) is 17.0. The molecule has 0 saturated heterocycles. The van der Waals surface area contributed by atoms with E-state index in [0.29, 0.717) is 0 Å². The minimum Gasteiger partial charge on any atom is -0.458 e. The fourth-order valence-electron chi connectivity index (χ4n) is 8.23. The van der Waals surface area contributed by atoms with E-state index >= 15 is 0 Å². The molecule has 0 amide bonds. The highest BCUT2D eigenvalue weighted by molar-refractivity contribution is 6.98. The van der Waals surface area contributed by atoms with Crippen molar-refractivity contribution in [3.63, 3.8) is 0 Å². The van der Waals surface area contributed by atoms with Crippen LogP contribution in [0.1, 0.15) is 16.7 Å². The summed E-state index contributed by atoms with van der Waals surface area (Å²) in [5.41, 5.74) is 15.1. The molecule has 3 heterocycles. The number of para-hydroxylation sites is 4. The summed E-state index contributed by atoms with van der Waals surface area (Å²) in [7, 11) is 0. The van der Waals surface area contributed by atoms with Gasteiger partial charge in [0, 0.05) is 27.5 Å². The van der Waals surface area contributed by atoms with Crippen molar-refractivity contribution in [3.8, 4) is 50.9 Å². The lowest BCUT2D eigenvalue weighted by atomic mass is 9.34. The zero-order valence-corrected chi connectivity index (χ0v) is 27.6. The molecular weight excluding hydrogens is 597 g/mol. The Hall–Kier alpha value is -6.00. The van der Waals surface area contributed by atoms with Crippen LogP contribution < -0.4 is 25.9 Å². The highest BCUT2D eigenvalue weighted by Gasteiger charge is 2.41. The molecule has 0 atom stereocenters. The van der Waals surface area contributed by atoms with Crippen LogP contribution in [0.2, 0.25) is 0 Å². The van der Waals surface area contributed by atoms with Crippen molar-refractivity contribution in [2.24, 2.45) is 0 Å². The Morgan fingerprint density at radius 1 is 0.510 bits per heavy atom. The molecular formula is C45H32BNO2. The highest BCUT2D eigenvalue weighted by Crippen LogP contribution is 2.44. The van der Waals surface area contributed by atoms with Crippen LogP contribution in [0.15, 0.2) is 140 Å². The summed E-state index contributed by atoms with van der Waals surface area (Å²) >= 11 is 0.